The second kappa shape index (κ2) is 7.06. The van der Waals surface area contributed by atoms with Gasteiger partial charge in [-0.25, -0.2) is 9.97 Å². The Morgan fingerprint density at radius 1 is 1.28 bits per heavy atom. The topological polar surface area (TPSA) is 59.9 Å². The first-order valence-corrected chi connectivity index (χ1v) is 9.57. The summed E-state index contributed by atoms with van der Waals surface area (Å²) in [5.41, 5.74) is 2.38. The van der Waals surface area contributed by atoms with Crippen molar-refractivity contribution in [2.75, 3.05) is 19.0 Å². The summed E-state index contributed by atoms with van der Waals surface area (Å²) in [5, 5.41) is 4.70. The Bertz CT molecular complexity index is 878. The lowest BCUT2D eigenvalue weighted by Gasteiger charge is -2.15. The van der Waals surface area contributed by atoms with E-state index in [2.05, 4.69) is 17.2 Å². The van der Waals surface area contributed by atoms with E-state index in [-0.39, 0.29) is 6.10 Å². The molecule has 0 saturated heterocycles. The molecule has 0 aromatic carbocycles. The summed E-state index contributed by atoms with van der Waals surface area (Å²) in [4.78, 5) is 16.5. The van der Waals surface area contributed by atoms with E-state index in [0.717, 1.165) is 41.4 Å². The minimum Gasteiger partial charge on any atom is -0.380 e. The van der Waals surface area contributed by atoms with Crippen LogP contribution in [-0.4, -0.2) is 34.7 Å². The molecule has 0 bridgehead atoms. The number of ether oxygens (including phenoxy) is 1. The lowest BCUT2D eigenvalue weighted by Crippen LogP contribution is -2.19. The summed E-state index contributed by atoms with van der Waals surface area (Å²) in [6.07, 6.45) is 8.51. The first-order valence-electron chi connectivity index (χ1n) is 8.75. The fourth-order valence-corrected chi connectivity index (χ4v) is 4.49. The highest BCUT2D eigenvalue weighted by molar-refractivity contribution is 7.19. The molecule has 1 unspecified atom stereocenters. The number of thiophene rings is 1. The summed E-state index contributed by atoms with van der Waals surface area (Å²) in [5.74, 6) is 1.65. The highest BCUT2D eigenvalue weighted by Crippen LogP contribution is 2.39. The van der Waals surface area contributed by atoms with Crippen LogP contribution in [0.1, 0.15) is 30.2 Å². The van der Waals surface area contributed by atoms with Crippen molar-refractivity contribution >= 4 is 27.4 Å². The highest BCUT2D eigenvalue weighted by Gasteiger charge is 2.21. The van der Waals surface area contributed by atoms with Crippen LogP contribution < -0.4 is 5.32 Å². The summed E-state index contributed by atoms with van der Waals surface area (Å²) in [7, 11) is 1.73. The molecule has 130 valence electrons. The van der Waals surface area contributed by atoms with Crippen LogP contribution in [0.15, 0.2) is 24.5 Å². The van der Waals surface area contributed by atoms with Gasteiger partial charge in [0.05, 0.1) is 11.5 Å². The van der Waals surface area contributed by atoms with Gasteiger partial charge in [-0.15, -0.1) is 11.3 Å². The zero-order valence-electron chi connectivity index (χ0n) is 14.6. The molecule has 25 heavy (non-hydrogen) atoms. The molecule has 0 amide bonds. The Kier molecular flexibility index (Phi) is 4.63. The first kappa shape index (κ1) is 16.4. The Morgan fingerprint density at radius 3 is 2.96 bits per heavy atom. The molecule has 5 nitrogen and oxygen atoms in total. The van der Waals surface area contributed by atoms with Crippen molar-refractivity contribution in [1.82, 2.24) is 15.0 Å². The second-order valence-electron chi connectivity index (χ2n) is 6.46. The molecule has 0 radical (unpaired) electrons. The Morgan fingerprint density at radius 2 is 2.16 bits per heavy atom. The number of aromatic nitrogens is 3. The molecule has 0 fully saturated rings. The third kappa shape index (κ3) is 3.24. The molecule has 4 rings (SSSR count). The predicted molar refractivity (Wildman–Crippen MR) is 102 cm³/mol. The Labute approximate surface area is 151 Å². The van der Waals surface area contributed by atoms with Gasteiger partial charge in [-0.2, -0.15) is 0 Å². The smallest absolute Gasteiger partial charge is 0.164 e. The van der Waals surface area contributed by atoms with Crippen LogP contribution in [0.25, 0.3) is 21.6 Å². The molecule has 0 saturated carbocycles. The van der Waals surface area contributed by atoms with E-state index >= 15 is 0 Å². The third-order valence-corrected chi connectivity index (χ3v) is 5.88. The van der Waals surface area contributed by atoms with Crippen molar-refractivity contribution < 1.29 is 4.74 Å². The lowest BCUT2D eigenvalue weighted by molar-refractivity contribution is 0.128. The molecule has 1 N–H and O–H groups in total. The number of pyridine rings is 1. The summed E-state index contributed by atoms with van der Waals surface area (Å²) >= 11 is 1.82. The molecule has 0 aliphatic heterocycles. The van der Waals surface area contributed by atoms with Crippen molar-refractivity contribution in [1.29, 1.82) is 0 Å². The Hall–Kier alpha value is -2.05. The normalized spacial score (nSPS) is 15.1. The first-order chi connectivity index (χ1) is 12.3. The van der Waals surface area contributed by atoms with Crippen molar-refractivity contribution in [2.24, 2.45) is 0 Å². The summed E-state index contributed by atoms with van der Waals surface area (Å²) in [6.45, 7) is 2.77. The quantitative estimate of drug-likeness (QED) is 0.748. The number of anilines is 1. The van der Waals surface area contributed by atoms with E-state index in [1.54, 1.807) is 13.3 Å². The van der Waals surface area contributed by atoms with Crippen LogP contribution >= 0.6 is 11.3 Å². The molecule has 1 aliphatic rings. The minimum atomic E-state index is 0.126. The maximum atomic E-state index is 5.38. The zero-order chi connectivity index (χ0) is 17.2. The zero-order valence-corrected chi connectivity index (χ0v) is 15.4. The maximum absolute atomic E-state index is 5.38. The molecule has 3 heterocycles. The van der Waals surface area contributed by atoms with Gasteiger partial charge in [0.2, 0.25) is 0 Å². The number of nitrogens with zero attached hydrogens (tertiary/aromatic N) is 3. The third-order valence-electron chi connectivity index (χ3n) is 4.69. The average molecular weight is 354 g/mol. The summed E-state index contributed by atoms with van der Waals surface area (Å²) < 4.78 is 5.38. The van der Waals surface area contributed by atoms with Gasteiger partial charge in [-0.3, -0.25) is 4.98 Å². The monoisotopic (exact) mass is 354 g/mol. The van der Waals surface area contributed by atoms with Gasteiger partial charge in [-0.05, 0) is 50.3 Å². The fourth-order valence-electron chi connectivity index (χ4n) is 3.23. The van der Waals surface area contributed by atoms with E-state index in [1.807, 2.05) is 29.7 Å². The van der Waals surface area contributed by atoms with Gasteiger partial charge in [0.25, 0.3) is 0 Å². The van der Waals surface area contributed by atoms with Crippen LogP contribution in [0.5, 0.6) is 0 Å². The average Bonchev–Trinajstić information content (AvgIpc) is 3.05. The number of aryl methyl sites for hydroxylation is 2. The van der Waals surface area contributed by atoms with E-state index in [1.165, 1.54) is 28.7 Å². The highest BCUT2D eigenvalue weighted by atomic mass is 32.1. The van der Waals surface area contributed by atoms with E-state index in [9.17, 15) is 0 Å². The van der Waals surface area contributed by atoms with Crippen molar-refractivity contribution in [2.45, 2.75) is 38.7 Å². The molecular weight excluding hydrogens is 332 g/mol. The summed E-state index contributed by atoms with van der Waals surface area (Å²) in [6, 6.07) is 3.92. The van der Waals surface area contributed by atoms with Crippen molar-refractivity contribution in [3.8, 4) is 11.4 Å². The van der Waals surface area contributed by atoms with Gasteiger partial charge < -0.3 is 10.1 Å². The van der Waals surface area contributed by atoms with E-state index in [4.69, 9.17) is 14.7 Å². The fraction of sp³-hybridized carbons (Fsp3) is 0.421. The van der Waals surface area contributed by atoms with Gasteiger partial charge in [0, 0.05) is 36.5 Å². The van der Waals surface area contributed by atoms with Crippen molar-refractivity contribution in [3.63, 3.8) is 0 Å². The van der Waals surface area contributed by atoms with Crippen LogP contribution in [0.3, 0.4) is 0 Å². The molecular formula is C19H22N4OS. The number of fused-ring (bicyclic) bond motifs is 3. The largest absolute Gasteiger partial charge is 0.380 e. The maximum Gasteiger partial charge on any atom is 0.164 e. The number of hydrogen-bond acceptors (Lipinski definition) is 6. The number of methoxy groups -OCH3 is 1. The number of rotatable bonds is 5. The van der Waals surface area contributed by atoms with Gasteiger partial charge in [0.15, 0.2) is 5.82 Å². The lowest BCUT2D eigenvalue weighted by atomic mass is 9.97. The van der Waals surface area contributed by atoms with Crippen LogP contribution in [0.2, 0.25) is 0 Å². The van der Waals surface area contributed by atoms with Crippen LogP contribution in [0, 0.1) is 0 Å². The Balaban J connectivity index is 1.83. The molecule has 0 spiro atoms. The molecule has 6 heteroatoms. The number of nitrogens with one attached hydrogen (secondary N) is 1. The SMILES string of the molecule is COC(C)CNc1nc(-c2cccnc2)nc2sc3c(c12)CCCC3. The predicted octanol–water partition coefficient (Wildman–Crippen LogP) is 4.08. The van der Waals surface area contributed by atoms with E-state index < -0.39 is 0 Å². The minimum absolute atomic E-state index is 0.126. The molecule has 3 aromatic heterocycles. The van der Waals surface area contributed by atoms with Crippen LogP contribution in [-0.2, 0) is 17.6 Å². The van der Waals surface area contributed by atoms with Gasteiger partial charge >= 0.3 is 0 Å². The second-order valence-corrected chi connectivity index (χ2v) is 7.54. The van der Waals surface area contributed by atoms with Gasteiger partial charge in [-0.1, -0.05) is 0 Å². The number of hydrogen-bond donors (Lipinski definition) is 1. The molecule has 1 aliphatic carbocycles. The van der Waals surface area contributed by atoms with Crippen LogP contribution in [0.4, 0.5) is 5.82 Å². The molecule has 1 atom stereocenters. The van der Waals surface area contributed by atoms with Crippen molar-refractivity contribution in [3.05, 3.63) is 35.0 Å². The molecule has 3 aromatic rings. The van der Waals surface area contributed by atoms with E-state index in [0.29, 0.717) is 0 Å². The standard InChI is InChI=1S/C19H22N4OS/c1-12(24-2)10-21-18-16-14-7-3-4-8-15(14)25-19(16)23-17(22-18)13-6-5-9-20-11-13/h5-6,9,11-12H,3-4,7-8,10H2,1-2H3,(H,21,22,23). The van der Waals surface area contributed by atoms with Gasteiger partial charge in [0.1, 0.15) is 10.6 Å².